The molecule has 3 aromatic rings. The molecule has 3 aliphatic rings. The summed E-state index contributed by atoms with van der Waals surface area (Å²) in [6.45, 7) is 5.11. The van der Waals surface area contributed by atoms with Crippen LogP contribution in [0.25, 0.3) is 6.08 Å². The quantitative estimate of drug-likeness (QED) is 0.268. The number of carbonyl (C=O) groups is 1. The molecule has 1 fully saturated rings. The number of halogens is 2. The minimum absolute atomic E-state index is 0.242. The van der Waals surface area contributed by atoms with Gasteiger partial charge in [0.15, 0.2) is 0 Å². The van der Waals surface area contributed by atoms with E-state index < -0.39 is 11.5 Å². The lowest BCUT2D eigenvalue weighted by atomic mass is 9.61. The first kappa shape index (κ1) is 29.1. The van der Waals surface area contributed by atoms with Crippen LogP contribution in [0.2, 0.25) is 10.0 Å². The molecule has 7 heteroatoms. The maximum absolute atomic E-state index is 12.7. The summed E-state index contributed by atoms with van der Waals surface area (Å²) in [7, 11) is 0. The number of allylic oxidation sites excluding steroid dienone is 1. The van der Waals surface area contributed by atoms with Crippen LogP contribution < -0.4 is 10.1 Å². The Bertz CT molecular complexity index is 1530. The number of benzene rings is 2. The highest BCUT2D eigenvalue weighted by Gasteiger charge is 2.51. The number of carboxylic acids is 1. The van der Waals surface area contributed by atoms with Crippen LogP contribution in [-0.2, 0) is 16.6 Å². The number of pyridine rings is 1. The molecule has 2 N–H and O–H groups in total. The molecule has 0 unspecified atom stereocenters. The largest absolute Gasteiger partial charge is 0.493 e. The Balaban J connectivity index is 1.22. The number of ether oxygens (including phenoxy) is 1. The zero-order chi connectivity index (χ0) is 29.5. The van der Waals surface area contributed by atoms with Gasteiger partial charge in [-0.1, -0.05) is 66.9 Å². The molecule has 6 rings (SSSR count). The summed E-state index contributed by atoms with van der Waals surface area (Å²) in [6, 6.07) is 15.4. The Kier molecular flexibility index (Phi) is 8.01. The first-order chi connectivity index (χ1) is 20.2. The highest BCUT2D eigenvalue weighted by atomic mass is 35.5. The predicted octanol–water partition coefficient (Wildman–Crippen LogP) is 9.08. The highest BCUT2D eigenvalue weighted by molar-refractivity contribution is 6.32. The lowest BCUT2D eigenvalue weighted by Crippen LogP contribution is -2.52. The lowest BCUT2D eigenvalue weighted by Gasteiger charge is -2.46. The summed E-state index contributed by atoms with van der Waals surface area (Å²) < 4.78 is 6.47. The van der Waals surface area contributed by atoms with E-state index in [1.54, 1.807) is 12.1 Å². The number of anilines is 1. The number of aromatic nitrogens is 1. The highest BCUT2D eigenvalue weighted by Crippen LogP contribution is 2.56. The molecule has 2 atom stereocenters. The van der Waals surface area contributed by atoms with Gasteiger partial charge in [0, 0.05) is 38.6 Å². The van der Waals surface area contributed by atoms with Gasteiger partial charge >= 0.3 is 5.97 Å². The molecule has 0 saturated heterocycles. The van der Waals surface area contributed by atoms with Crippen LogP contribution in [0.15, 0.2) is 60.3 Å². The van der Waals surface area contributed by atoms with E-state index in [-0.39, 0.29) is 11.3 Å². The Morgan fingerprint density at radius 3 is 2.69 bits per heavy atom. The van der Waals surface area contributed by atoms with Gasteiger partial charge in [-0.25, -0.2) is 4.79 Å². The molecule has 220 valence electrons. The number of nitrogens with zero attached hydrogens (tertiary/aromatic N) is 1. The fourth-order valence-corrected chi connectivity index (χ4v) is 7.92. The minimum atomic E-state index is -1.06. The van der Waals surface area contributed by atoms with Gasteiger partial charge < -0.3 is 15.2 Å². The molecule has 2 aromatic carbocycles. The number of rotatable bonds is 8. The van der Waals surface area contributed by atoms with Gasteiger partial charge in [0.1, 0.15) is 11.3 Å². The second kappa shape index (κ2) is 11.6. The predicted molar refractivity (Wildman–Crippen MR) is 170 cm³/mol. The van der Waals surface area contributed by atoms with E-state index in [0.717, 1.165) is 47.7 Å². The smallest absolute Gasteiger partial charge is 0.329 e. The first-order valence-corrected chi connectivity index (χ1v) is 15.8. The topological polar surface area (TPSA) is 71.5 Å². The average Bonchev–Trinajstić information content (AvgIpc) is 3.26. The van der Waals surface area contributed by atoms with Gasteiger partial charge in [-0.2, -0.15) is 0 Å². The summed E-state index contributed by atoms with van der Waals surface area (Å²) in [6.07, 6.45) is 10.8. The maximum Gasteiger partial charge on any atom is 0.329 e. The monoisotopic (exact) mass is 604 g/mol. The number of aryl methyl sites for hydroxylation is 1. The third-order valence-corrected chi connectivity index (χ3v) is 10.3. The molecule has 1 aromatic heterocycles. The number of aliphatic carboxylic acids is 1. The van der Waals surface area contributed by atoms with Gasteiger partial charge in [-0.05, 0) is 105 Å². The van der Waals surface area contributed by atoms with Crippen molar-refractivity contribution in [1.82, 2.24) is 4.98 Å². The van der Waals surface area contributed by atoms with E-state index in [4.69, 9.17) is 27.9 Å². The summed E-state index contributed by atoms with van der Waals surface area (Å²) in [4.78, 5) is 17.3. The molecule has 0 aliphatic heterocycles. The number of hydrogen-bond acceptors (Lipinski definition) is 4. The third kappa shape index (κ3) is 5.31. The van der Waals surface area contributed by atoms with E-state index in [1.807, 2.05) is 36.5 Å². The van der Waals surface area contributed by atoms with Crippen LogP contribution in [0.3, 0.4) is 0 Å². The summed E-state index contributed by atoms with van der Waals surface area (Å²) in [5.41, 5.74) is 5.50. The SMILES string of the molecule is C[C@@H](COc1ccnc2c1[C@H](C)CCC2)CC1=Cc2c(Cl)cccc2C12CCC(Nc1cccc(Cl)c1)(C(=O)O)CC2. The number of nitrogens with one attached hydrogen (secondary N) is 1. The van der Waals surface area contributed by atoms with Crippen LogP contribution >= 0.6 is 23.2 Å². The van der Waals surface area contributed by atoms with Crippen molar-refractivity contribution in [2.24, 2.45) is 5.92 Å². The third-order valence-electron chi connectivity index (χ3n) is 9.74. The Morgan fingerprint density at radius 1 is 1.14 bits per heavy atom. The molecular weight excluding hydrogens is 567 g/mol. The van der Waals surface area contributed by atoms with Crippen molar-refractivity contribution in [2.45, 2.75) is 82.1 Å². The van der Waals surface area contributed by atoms with E-state index in [2.05, 4.69) is 36.3 Å². The zero-order valence-corrected chi connectivity index (χ0v) is 25.8. The second-order valence-corrected chi connectivity index (χ2v) is 13.4. The average molecular weight is 606 g/mol. The fraction of sp³-hybridized carbons (Fsp3) is 0.429. The molecule has 0 radical (unpaired) electrons. The van der Waals surface area contributed by atoms with Crippen LogP contribution in [0.5, 0.6) is 5.75 Å². The molecular formula is C35H38Cl2N2O3. The van der Waals surface area contributed by atoms with Gasteiger partial charge in [0.05, 0.1) is 6.61 Å². The van der Waals surface area contributed by atoms with E-state index in [0.29, 0.717) is 30.4 Å². The van der Waals surface area contributed by atoms with Gasteiger partial charge in [0.2, 0.25) is 0 Å². The Hall–Kier alpha value is -3.02. The Morgan fingerprint density at radius 2 is 1.93 bits per heavy atom. The molecule has 42 heavy (non-hydrogen) atoms. The van der Waals surface area contributed by atoms with Gasteiger partial charge in [-0.3, -0.25) is 4.98 Å². The summed E-state index contributed by atoms with van der Waals surface area (Å²) in [5, 5.41) is 15.1. The lowest BCUT2D eigenvalue weighted by molar-refractivity contribution is -0.143. The maximum atomic E-state index is 12.7. The van der Waals surface area contributed by atoms with Crippen molar-refractivity contribution < 1.29 is 14.6 Å². The molecule has 1 heterocycles. The summed E-state index contributed by atoms with van der Waals surface area (Å²) >= 11 is 12.9. The number of fused-ring (bicyclic) bond motifs is 3. The van der Waals surface area contributed by atoms with Crippen LogP contribution in [0.4, 0.5) is 5.69 Å². The van der Waals surface area contributed by atoms with Crippen LogP contribution in [0.1, 0.15) is 87.1 Å². The van der Waals surface area contributed by atoms with Crippen molar-refractivity contribution in [3.05, 3.63) is 92.7 Å². The molecule has 5 nitrogen and oxygen atoms in total. The van der Waals surface area contributed by atoms with Gasteiger partial charge in [-0.15, -0.1) is 0 Å². The standard InChI is InChI=1S/C35H38Cl2N2O3/c1-22(21-42-31-12-17-38-30-11-3-6-23(2)32(30)31)18-24-19-27-28(9-5-10-29(27)37)34(24)13-15-35(16-14-34,33(40)41)39-26-8-4-7-25(36)20-26/h4-5,7-10,12,17,19-20,22-23,39H,3,6,11,13-16,18,21H2,1-2H3,(H,40,41)/t22-,23-,34?,35?/m1/s1. The molecule has 0 bridgehead atoms. The minimum Gasteiger partial charge on any atom is -0.493 e. The Labute approximate surface area is 258 Å². The molecule has 0 amide bonds. The van der Waals surface area contributed by atoms with Crippen molar-refractivity contribution in [3.63, 3.8) is 0 Å². The van der Waals surface area contributed by atoms with Crippen molar-refractivity contribution in [3.8, 4) is 5.75 Å². The number of carboxylic acid groups (broad SMARTS) is 1. The summed E-state index contributed by atoms with van der Waals surface area (Å²) in [5.74, 6) is 0.863. The molecule has 1 spiro atoms. The second-order valence-electron chi connectivity index (χ2n) is 12.6. The molecule has 1 saturated carbocycles. The van der Waals surface area contributed by atoms with E-state index >= 15 is 0 Å². The van der Waals surface area contributed by atoms with E-state index in [1.165, 1.54) is 35.2 Å². The fourth-order valence-electron chi connectivity index (χ4n) is 7.50. The van der Waals surface area contributed by atoms with Gasteiger partial charge in [0.25, 0.3) is 0 Å². The first-order valence-electron chi connectivity index (χ1n) is 15.1. The molecule has 3 aliphatic carbocycles. The van der Waals surface area contributed by atoms with Crippen LogP contribution in [-0.4, -0.2) is 28.2 Å². The normalized spacial score (nSPS) is 25.3. The van der Waals surface area contributed by atoms with Crippen molar-refractivity contribution in [2.75, 3.05) is 11.9 Å². The zero-order valence-electron chi connectivity index (χ0n) is 24.3. The van der Waals surface area contributed by atoms with Crippen molar-refractivity contribution in [1.29, 1.82) is 0 Å². The van der Waals surface area contributed by atoms with Crippen LogP contribution in [0, 0.1) is 5.92 Å². The number of hydrogen-bond donors (Lipinski definition) is 2. The van der Waals surface area contributed by atoms with E-state index in [9.17, 15) is 9.90 Å². The van der Waals surface area contributed by atoms with Crippen molar-refractivity contribution >= 4 is 40.9 Å².